The summed E-state index contributed by atoms with van der Waals surface area (Å²) in [6, 6.07) is 0. The van der Waals surface area contributed by atoms with Gasteiger partial charge in [-0.2, -0.15) is 0 Å². The van der Waals surface area contributed by atoms with Gasteiger partial charge in [-0.1, -0.05) is 49.0 Å². The standard InChI is InChI=1S/C12H14/c1-9-3-5-11(7-9)12-6-4-10(2)8-12/h3-9,12H,1-2H3/t9-,12+/m1/s1. The fourth-order valence-corrected chi connectivity index (χ4v) is 1.76. The lowest BCUT2D eigenvalue weighted by molar-refractivity contribution is 0.936. The van der Waals surface area contributed by atoms with Crippen LogP contribution in [0.4, 0.5) is 0 Å². The zero-order valence-corrected chi connectivity index (χ0v) is 7.62. The first-order valence-corrected chi connectivity index (χ1v) is 4.52. The van der Waals surface area contributed by atoms with Crippen molar-refractivity contribution < 1.29 is 0 Å². The molecule has 0 saturated carbocycles. The zero-order valence-electron chi connectivity index (χ0n) is 7.62. The van der Waals surface area contributed by atoms with Crippen LogP contribution in [0.15, 0.2) is 47.6 Å². The summed E-state index contributed by atoms with van der Waals surface area (Å²) in [7, 11) is 0. The lowest BCUT2D eigenvalue weighted by Crippen LogP contribution is -1.90. The average molecular weight is 158 g/mol. The predicted molar refractivity (Wildman–Crippen MR) is 52.8 cm³/mol. The van der Waals surface area contributed by atoms with Crippen LogP contribution in [0.25, 0.3) is 0 Å². The highest BCUT2D eigenvalue weighted by molar-refractivity contribution is 5.41. The van der Waals surface area contributed by atoms with Gasteiger partial charge in [-0.3, -0.25) is 0 Å². The molecule has 0 saturated heterocycles. The minimum Gasteiger partial charge on any atom is -0.0776 e. The summed E-state index contributed by atoms with van der Waals surface area (Å²) in [5.41, 5.74) is 2.84. The van der Waals surface area contributed by atoms with Crippen molar-refractivity contribution >= 4 is 0 Å². The summed E-state index contributed by atoms with van der Waals surface area (Å²) in [5.74, 6) is 1.17. The van der Waals surface area contributed by atoms with E-state index < -0.39 is 0 Å². The second kappa shape index (κ2) is 2.78. The first kappa shape index (κ1) is 7.60. The lowest BCUT2D eigenvalue weighted by Gasteiger charge is -2.03. The fourth-order valence-electron chi connectivity index (χ4n) is 1.76. The Morgan fingerprint density at radius 3 is 2.42 bits per heavy atom. The Bertz CT molecular complexity index is 300. The normalized spacial score (nSPS) is 32.5. The van der Waals surface area contributed by atoms with Crippen LogP contribution < -0.4 is 0 Å². The van der Waals surface area contributed by atoms with Crippen molar-refractivity contribution in [2.45, 2.75) is 13.8 Å². The van der Waals surface area contributed by atoms with Crippen LogP contribution in [-0.4, -0.2) is 0 Å². The average Bonchev–Trinajstić information content (AvgIpc) is 2.58. The highest BCUT2D eigenvalue weighted by Crippen LogP contribution is 2.28. The van der Waals surface area contributed by atoms with Crippen molar-refractivity contribution in [2.24, 2.45) is 11.8 Å². The second-order valence-corrected chi connectivity index (χ2v) is 3.68. The van der Waals surface area contributed by atoms with Gasteiger partial charge in [0.15, 0.2) is 0 Å². The van der Waals surface area contributed by atoms with Gasteiger partial charge < -0.3 is 0 Å². The van der Waals surface area contributed by atoms with Crippen molar-refractivity contribution in [3.63, 3.8) is 0 Å². The van der Waals surface area contributed by atoms with Crippen LogP contribution in [0.3, 0.4) is 0 Å². The van der Waals surface area contributed by atoms with Crippen LogP contribution in [0.5, 0.6) is 0 Å². The maximum atomic E-state index is 2.34. The summed E-state index contributed by atoms with van der Waals surface area (Å²) >= 11 is 0. The highest BCUT2D eigenvalue weighted by atomic mass is 14.2. The van der Waals surface area contributed by atoms with Gasteiger partial charge in [0.05, 0.1) is 0 Å². The zero-order chi connectivity index (χ0) is 8.55. The topological polar surface area (TPSA) is 0 Å². The molecule has 2 aliphatic carbocycles. The molecule has 2 atom stereocenters. The predicted octanol–water partition coefficient (Wildman–Crippen LogP) is 3.25. The van der Waals surface area contributed by atoms with Crippen molar-refractivity contribution in [3.8, 4) is 0 Å². The number of hydrogen-bond donors (Lipinski definition) is 0. The third-order valence-corrected chi connectivity index (χ3v) is 2.44. The van der Waals surface area contributed by atoms with E-state index in [0.717, 1.165) is 0 Å². The Labute approximate surface area is 74.0 Å². The van der Waals surface area contributed by atoms with E-state index in [1.807, 2.05) is 0 Å². The Morgan fingerprint density at radius 2 is 1.92 bits per heavy atom. The SMILES string of the molecule is CC1=C[C@@H](C2=C[C@H](C)C=C2)C=C1. The molecule has 0 fully saturated rings. The molecular formula is C12H14. The molecule has 0 radical (unpaired) electrons. The van der Waals surface area contributed by atoms with Gasteiger partial charge in [-0.15, -0.1) is 0 Å². The van der Waals surface area contributed by atoms with Crippen molar-refractivity contribution in [2.75, 3.05) is 0 Å². The summed E-state index contributed by atoms with van der Waals surface area (Å²) in [5, 5.41) is 0. The molecule has 0 heterocycles. The summed E-state index contributed by atoms with van der Waals surface area (Å²) in [6.45, 7) is 4.37. The lowest BCUT2D eigenvalue weighted by atomic mass is 10.0. The molecule has 0 nitrogen and oxygen atoms in total. The maximum absolute atomic E-state index is 2.34. The molecule has 0 N–H and O–H groups in total. The van der Waals surface area contributed by atoms with Crippen molar-refractivity contribution in [1.82, 2.24) is 0 Å². The second-order valence-electron chi connectivity index (χ2n) is 3.68. The minimum atomic E-state index is 0.547. The largest absolute Gasteiger partial charge is 0.0776 e. The van der Waals surface area contributed by atoms with Gasteiger partial charge in [0.1, 0.15) is 0 Å². The van der Waals surface area contributed by atoms with Crippen molar-refractivity contribution in [1.29, 1.82) is 0 Å². The Morgan fingerprint density at radius 1 is 1.08 bits per heavy atom. The molecule has 0 spiro atoms. The Hall–Kier alpha value is -1.04. The Balaban J connectivity index is 2.18. The summed E-state index contributed by atoms with van der Waals surface area (Å²) in [6.07, 6.45) is 13.6. The van der Waals surface area contributed by atoms with E-state index in [9.17, 15) is 0 Å². The molecule has 0 aromatic rings. The first-order valence-electron chi connectivity index (χ1n) is 4.52. The first-order chi connectivity index (χ1) is 5.75. The minimum absolute atomic E-state index is 0.547. The monoisotopic (exact) mass is 158 g/mol. The molecule has 0 heteroatoms. The Kier molecular flexibility index (Phi) is 1.76. The summed E-state index contributed by atoms with van der Waals surface area (Å²) in [4.78, 5) is 0. The van der Waals surface area contributed by atoms with Crippen LogP contribution >= 0.6 is 0 Å². The number of allylic oxidation sites excluding steroid dienone is 8. The van der Waals surface area contributed by atoms with E-state index in [1.54, 1.807) is 0 Å². The molecule has 0 amide bonds. The van der Waals surface area contributed by atoms with Gasteiger partial charge >= 0.3 is 0 Å². The van der Waals surface area contributed by atoms with Crippen LogP contribution in [0.1, 0.15) is 13.8 Å². The number of hydrogen-bond acceptors (Lipinski definition) is 0. The highest BCUT2D eigenvalue weighted by Gasteiger charge is 2.13. The third-order valence-electron chi connectivity index (χ3n) is 2.44. The van der Waals surface area contributed by atoms with E-state index in [0.29, 0.717) is 11.8 Å². The smallest absolute Gasteiger partial charge is 0.0204 e. The van der Waals surface area contributed by atoms with E-state index in [-0.39, 0.29) is 0 Å². The van der Waals surface area contributed by atoms with Gasteiger partial charge in [-0.05, 0) is 18.4 Å². The van der Waals surface area contributed by atoms with E-state index >= 15 is 0 Å². The van der Waals surface area contributed by atoms with E-state index in [1.165, 1.54) is 11.1 Å². The molecule has 62 valence electrons. The molecule has 2 aliphatic rings. The van der Waals surface area contributed by atoms with Gasteiger partial charge in [0.2, 0.25) is 0 Å². The van der Waals surface area contributed by atoms with Crippen LogP contribution in [0.2, 0.25) is 0 Å². The van der Waals surface area contributed by atoms with Crippen LogP contribution in [-0.2, 0) is 0 Å². The molecule has 0 aromatic heterocycles. The summed E-state index contributed by atoms with van der Waals surface area (Å²) < 4.78 is 0. The van der Waals surface area contributed by atoms with Crippen molar-refractivity contribution in [3.05, 3.63) is 47.6 Å². The molecule has 0 aromatic carbocycles. The van der Waals surface area contributed by atoms with Gasteiger partial charge in [0.25, 0.3) is 0 Å². The van der Waals surface area contributed by atoms with Gasteiger partial charge in [0, 0.05) is 5.92 Å². The quantitative estimate of drug-likeness (QED) is 0.549. The van der Waals surface area contributed by atoms with E-state index in [2.05, 4.69) is 50.3 Å². The number of rotatable bonds is 1. The van der Waals surface area contributed by atoms with Crippen LogP contribution in [0, 0.1) is 11.8 Å². The maximum Gasteiger partial charge on any atom is 0.0204 e. The molecule has 0 unspecified atom stereocenters. The molecule has 0 bridgehead atoms. The molecular weight excluding hydrogens is 144 g/mol. The van der Waals surface area contributed by atoms with E-state index in [4.69, 9.17) is 0 Å². The van der Waals surface area contributed by atoms with Gasteiger partial charge in [-0.25, -0.2) is 0 Å². The molecule has 0 aliphatic heterocycles. The molecule has 12 heavy (non-hydrogen) atoms. The fraction of sp³-hybridized carbons (Fsp3) is 0.333. The third kappa shape index (κ3) is 1.29. The molecule has 2 rings (SSSR count).